The summed E-state index contributed by atoms with van der Waals surface area (Å²) in [5.74, 6) is 4.45. The number of hydrogen-bond donors (Lipinski definition) is 4. The minimum absolute atomic E-state index is 0.00879. The van der Waals surface area contributed by atoms with Crippen molar-refractivity contribution in [2.75, 3.05) is 60.8 Å². The fraction of sp³-hybridized carbons (Fsp3) is 0.579. The quantitative estimate of drug-likeness (QED) is 0.0772. The molecule has 9 rings (SSSR count). The van der Waals surface area contributed by atoms with Crippen LogP contribution in [0, 0.1) is 0 Å². The maximum Gasteiger partial charge on any atom is 0.239 e. The Morgan fingerprint density at radius 1 is 0.570 bits per heavy atom. The minimum Gasteiger partial charge on any atom is -0.350 e. The van der Waals surface area contributed by atoms with E-state index in [0.717, 1.165) is 139 Å². The number of carbonyl (C=O) groups excluding carboxylic acids is 3. The van der Waals surface area contributed by atoms with Gasteiger partial charge in [-0.3, -0.25) is 14.4 Å². The number of anilines is 3. The van der Waals surface area contributed by atoms with Crippen molar-refractivity contribution < 1.29 is 14.4 Å². The molecule has 6 aromatic heterocycles. The van der Waals surface area contributed by atoms with Crippen LogP contribution in [0.1, 0.15) is 136 Å². The van der Waals surface area contributed by atoms with Gasteiger partial charge in [0.15, 0.2) is 17.5 Å². The predicted molar refractivity (Wildman–Crippen MR) is 317 cm³/mol. The van der Waals surface area contributed by atoms with Gasteiger partial charge in [0, 0.05) is 96.1 Å². The van der Waals surface area contributed by atoms with Gasteiger partial charge in [0.25, 0.3) is 0 Å². The molecule has 79 heavy (non-hydrogen) atoms. The van der Waals surface area contributed by atoms with Crippen molar-refractivity contribution in [3.63, 3.8) is 0 Å². The van der Waals surface area contributed by atoms with Crippen molar-refractivity contribution >= 4 is 51.1 Å². The normalized spacial score (nSPS) is 13.3. The van der Waals surface area contributed by atoms with Crippen molar-refractivity contribution in [2.45, 2.75) is 171 Å². The van der Waals surface area contributed by atoms with Crippen LogP contribution in [0.5, 0.6) is 0 Å². The van der Waals surface area contributed by atoms with Gasteiger partial charge >= 0.3 is 0 Å². The van der Waals surface area contributed by atoms with E-state index in [1.807, 2.05) is 120 Å². The van der Waals surface area contributed by atoms with Gasteiger partial charge < -0.3 is 44.8 Å². The molecule has 0 radical (unpaired) electrons. The Bertz CT molecular complexity index is 3000. The summed E-state index contributed by atoms with van der Waals surface area (Å²) in [6, 6.07) is 0. The van der Waals surface area contributed by atoms with E-state index >= 15 is 0 Å². The maximum absolute atomic E-state index is 12.3. The third-order valence-electron chi connectivity index (χ3n) is 12.8. The summed E-state index contributed by atoms with van der Waals surface area (Å²) in [5.41, 5.74) is 8.48. The third-order valence-corrected chi connectivity index (χ3v) is 12.8. The van der Waals surface area contributed by atoms with Crippen molar-refractivity contribution in [3.05, 3.63) is 71.3 Å². The molecule has 6 aromatic rings. The number of nitrogens with one attached hydrogen (secondary N) is 4. The third kappa shape index (κ3) is 17.3. The highest BCUT2D eigenvalue weighted by atomic mass is 79.9. The molecule has 0 saturated heterocycles. The molecule has 0 saturated carbocycles. The maximum atomic E-state index is 12.3. The number of carbonyl (C=O) groups is 3. The Labute approximate surface area is 475 Å². The smallest absolute Gasteiger partial charge is 0.239 e. The van der Waals surface area contributed by atoms with Crippen LogP contribution in [-0.4, -0.2) is 139 Å². The molecule has 0 unspecified atom stereocenters. The van der Waals surface area contributed by atoms with Crippen LogP contribution in [0.25, 0.3) is 34.6 Å². The highest BCUT2D eigenvalue weighted by Gasteiger charge is 2.28. The van der Waals surface area contributed by atoms with E-state index in [1.165, 1.54) is 5.56 Å². The highest BCUT2D eigenvalue weighted by molar-refractivity contribution is 9.09. The van der Waals surface area contributed by atoms with Gasteiger partial charge in [0.1, 0.15) is 34.5 Å². The molecular weight excluding hydrogens is 1060 g/mol. The second kappa shape index (κ2) is 26.9. The zero-order chi connectivity index (χ0) is 57.8. The summed E-state index contributed by atoms with van der Waals surface area (Å²) >= 11 is 3.15. The molecule has 0 aliphatic heterocycles. The lowest BCUT2D eigenvalue weighted by molar-refractivity contribution is -0.122. The number of amides is 3. The van der Waals surface area contributed by atoms with Gasteiger partial charge in [0.2, 0.25) is 17.7 Å². The van der Waals surface area contributed by atoms with Crippen molar-refractivity contribution in [2.24, 2.45) is 0 Å². The number of rotatable bonds is 14. The Kier molecular flexibility index (Phi) is 20.9. The number of imidazole rings is 3. The first kappa shape index (κ1) is 61.4. The van der Waals surface area contributed by atoms with E-state index in [2.05, 4.69) is 70.6 Å². The van der Waals surface area contributed by atoms with Gasteiger partial charge in [-0.25, -0.2) is 44.9 Å². The van der Waals surface area contributed by atoms with Crippen LogP contribution in [0.15, 0.2) is 37.6 Å². The average molecular weight is 1150 g/mol. The summed E-state index contributed by atoms with van der Waals surface area (Å²) in [6.45, 7) is 26.5. The first-order chi connectivity index (χ1) is 37.3. The molecule has 3 aliphatic carbocycles. The number of H-pyrrole nitrogens is 1. The first-order valence-corrected chi connectivity index (χ1v) is 28.7. The van der Waals surface area contributed by atoms with Crippen LogP contribution >= 0.6 is 15.9 Å². The highest BCUT2D eigenvalue weighted by Crippen LogP contribution is 2.33. The molecule has 21 nitrogen and oxygen atoms in total. The second-order valence-corrected chi connectivity index (χ2v) is 24.4. The molecule has 3 amide bonds. The summed E-state index contributed by atoms with van der Waals surface area (Å²) < 4.78 is 4.04. The number of aromatic nitrogens is 12. The average Bonchev–Trinajstić information content (AvgIpc) is 4.44. The lowest BCUT2D eigenvalue weighted by Crippen LogP contribution is -2.45. The number of alkyl halides is 1. The molecule has 0 fully saturated rings. The van der Waals surface area contributed by atoms with E-state index in [1.54, 1.807) is 31.4 Å². The predicted octanol–water partition coefficient (Wildman–Crippen LogP) is 7.51. The summed E-state index contributed by atoms with van der Waals surface area (Å²) in [6.07, 6.45) is 19.7. The van der Waals surface area contributed by atoms with Crippen LogP contribution in [0.3, 0.4) is 0 Å². The standard InChI is InChI=1S/2C19H28N6O.C17H24N6O.C2H5Br/c1-6-25-10-15(20-12-25)17-21-14-9-7-8-13(14)18(22-17)24(5)11-16(26)23-19(2,3)4;1-6-25-12-20-10-15(25)17-21-14-9-7-8-13(14)18(22-17)24(5)11-16(26)23-19(2,3)4;1-17(2,3)22-14(24)9-23(4)16-11-6-5-7-12(11)20-15(21-16)13-8-18-10-19-13;1-2-3/h2*10,12H,6-9,11H2,1-5H3,(H,23,26);8,10H,5-7,9H2,1-4H3,(H,18,19)(H,22,24);2H2,1H3. The number of aryl methyl sites for hydroxylation is 5. The molecule has 428 valence electrons. The van der Waals surface area contributed by atoms with E-state index in [-0.39, 0.29) is 54.0 Å². The molecule has 3 aliphatic rings. The fourth-order valence-corrected chi connectivity index (χ4v) is 9.56. The van der Waals surface area contributed by atoms with Gasteiger partial charge in [0.05, 0.1) is 51.0 Å². The van der Waals surface area contributed by atoms with Crippen LogP contribution in [-0.2, 0) is 66.0 Å². The topological polar surface area (TPSA) is 239 Å². The molecule has 22 heteroatoms. The van der Waals surface area contributed by atoms with Crippen molar-refractivity contribution in [3.8, 4) is 34.6 Å². The Balaban J connectivity index is 0.000000187. The molecule has 4 N–H and O–H groups in total. The largest absolute Gasteiger partial charge is 0.350 e. The van der Waals surface area contributed by atoms with Crippen LogP contribution < -0.4 is 30.7 Å². The zero-order valence-electron chi connectivity index (χ0n) is 49.4. The second-order valence-electron chi connectivity index (χ2n) is 23.3. The summed E-state index contributed by atoms with van der Waals surface area (Å²) in [4.78, 5) is 86.9. The van der Waals surface area contributed by atoms with E-state index < -0.39 is 0 Å². The molecule has 0 atom stereocenters. The monoisotopic (exact) mass is 1150 g/mol. The summed E-state index contributed by atoms with van der Waals surface area (Å²) in [5, 5.41) is 10.1. The number of likely N-dealkylation sites (N-methyl/N-ethyl adjacent to an activating group) is 3. The minimum atomic E-state index is -0.246. The van der Waals surface area contributed by atoms with Gasteiger partial charge in [-0.1, -0.05) is 22.9 Å². The van der Waals surface area contributed by atoms with E-state index in [0.29, 0.717) is 17.5 Å². The van der Waals surface area contributed by atoms with Crippen LogP contribution in [0.4, 0.5) is 17.5 Å². The molecule has 0 spiro atoms. The first-order valence-electron chi connectivity index (χ1n) is 27.6. The lowest BCUT2D eigenvalue weighted by atomic mass is 10.1. The van der Waals surface area contributed by atoms with Gasteiger partial charge in [-0.05, 0) is 134 Å². The summed E-state index contributed by atoms with van der Waals surface area (Å²) in [7, 11) is 5.74. The number of halogens is 1. The Hall–Kier alpha value is -6.84. The Morgan fingerprint density at radius 2 is 0.987 bits per heavy atom. The molecular formula is C57H85BrN18O3. The van der Waals surface area contributed by atoms with Crippen molar-refractivity contribution in [1.82, 2.24) is 74.9 Å². The van der Waals surface area contributed by atoms with Crippen LogP contribution in [0.2, 0.25) is 0 Å². The Morgan fingerprint density at radius 3 is 1.38 bits per heavy atom. The SMILES string of the molecule is CCBr.CCn1cnc(-c2nc3c(c(N(C)CC(=O)NC(C)(C)C)n2)CCC3)c1.CCn1cncc1-c1nc2c(c(N(C)CC(=O)NC(C)(C)C)n1)CCC2.CN(CC(=O)NC(C)(C)C)c1nc(-c2cnc[nH]2)nc2c1CCC2. The van der Waals surface area contributed by atoms with Gasteiger partial charge in [-0.2, -0.15) is 0 Å². The number of aromatic amines is 1. The molecule has 6 heterocycles. The van der Waals surface area contributed by atoms with Gasteiger partial charge in [-0.15, -0.1) is 0 Å². The fourth-order valence-electron chi connectivity index (χ4n) is 9.56. The van der Waals surface area contributed by atoms with E-state index in [4.69, 9.17) is 24.9 Å². The molecule has 0 bridgehead atoms. The number of nitrogens with zero attached hydrogens (tertiary/aromatic N) is 14. The van der Waals surface area contributed by atoms with E-state index in [9.17, 15) is 14.4 Å². The molecule has 0 aromatic carbocycles. The zero-order valence-corrected chi connectivity index (χ0v) is 51.0. The number of hydrogen-bond acceptors (Lipinski definition) is 15. The lowest BCUT2D eigenvalue weighted by Gasteiger charge is -2.25. The van der Waals surface area contributed by atoms with Crippen molar-refractivity contribution in [1.29, 1.82) is 0 Å². The number of fused-ring (bicyclic) bond motifs is 3.